The van der Waals surface area contributed by atoms with E-state index in [0.717, 1.165) is 12.5 Å². The second-order valence-corrected chi connectivity index (χ2v) is 6.39. The maximum Gasteiger partial charge on any atom is 0.0330 e. The number of hydrogen-bond donors (Lipinski definition) is 1. The average molecular weight is 240 g/mol. The van der Waals surface area contributed by atoms with Gasteiger partial charge in [0, 0.05) is 18.1 Å². The van der Waals surface area contributed by atoms with E-state index in [0.29, 0.717) is 11.6 Å². The first-order valence-corrected chi connectivity index (χ1v) is 7.41. The van der Waals surface area contributed by atoms with E-state index in [4.69, 9.17) is 0 Å². The summed E-state index contributed by atoms with van der Waals surface area (Å²) in [6, 6.07) is 0.661. The van der Waals surface area contributed by atoms with Crippen LogP contribution in [0.1, 0.15) is 59.3 Å². The highest BCUT2D eigenvalue weighted by Crippen LogP contribution is 2.35. The van der Waals surface area contributed by atoms with Crippen molar-refractivity contribution in [3.63, 3.8) is 0 Å². The van der Waals surface area contributed by atoms with E-state index >= 15 is 0 Å². The Labute approximate surface area is 108 Å². The fraction of sp³-hybridized carbons (Fsp3) is 1.00. The molecule has 1 aliphatic rings. The van der Waals surface area contributed by atoms with Crippen LogP contribution in [0.4, 0.5) is 0 Å². The molecule has 1 aliphatic carbocycles. The van der Waals surface area contributed by atoms with Gasteiger partial charge in [0.2, 0.25) is 0 Å². The van der Waals surface area contributed by atoms with Crippen molar-refractivity contribution < 1.29 is 0 Å². The molecule has 1 N–H and O–H groups in total. The first kappa shape index (κ1) is 15.0. The minimum Gasteiger partial charge on any atom is -0.312 e. The second-order valence-electron chi connectivity index (χ2n) is 6.39. The van der Waals surface area contributed by atoms with Crippen LogP contribution in [0.15, 0.2) is 0 Å². The Bertz CT molecular complexity index is 215. The van der Waals surface area contributed by atoms with E-state index in [1.165, 1.54) is 38.5 Å². The van der Waals surface area contributed by atoms with E-state index in [-0.39, 0.29) is 0 Å². The molecule has 0 heterocycles. The molecule has 0 radical (unpaired) electrons. The summed E-state index contributed by atoms with van der Waals surface area (Å²) >= 11 is 0. The van der Waals surface area contributed by atoms with Gasteiger partial charge in [0.15, 0.2) is 0 Å². The van der Waals surface area contributed by atoms with Gasteiger partial charge in [-0.25, -0.2) is 0 Å². The summed E-state index contributed by atoms with van der Waals surface area (Å²) in [6.07, 6.45) is 8.09. The highest BCUT2D eigenvalue weighted by Gasteiger charge is 2.36. The van der Waals surface area contributed by atoms with Crippen LogP contribution in [0.2, 0.25) is 0 Å². The lowest BCUT2D eigenvalue weighted by Crippen LogP contribution is -2.55. The first-order valence-electron chi connectivity index (χ1n) is 7.41. The highest BCUT2D eigenvalue weighted by atomic mass is 15.2. The maximum atomic E-state index is 3.75. The summed E-state index contributed by atoms with van der Waals surface area (Å²) in [4.78, 5) is 2.47. The fourth-order valence-electron chi connectivity index (χ4n) is 3.26. The molecule has 0 aromatic heterocycles. The molecule has 0 aromatic rings. The Morgan fingerprint density at radius 3 is 2.65 bits per heavy atom. The molecular formula is C15H32N2. The van der Waals surface area contributed by atoms with E-state index in [2.05, 4.69) is 45.1 Å². The molecule has 1 fully saturated rings. The predicted octanol–water partition coefficient (Wildman–Crippen LogP) is 3.28. The molecule has 0 amide bonds. The van der Waals surface area contributed by atoms with E-state index in [9.17, 15) is 0 Å². The minimum atomic E-state index is 0.402. The van der Waals surface area contributed by atoms with Gasteiger partial charge < -0.3 is 10.2 Å². The van der Waals surface area contributed by atoms with Crippen molar-refractivity contribution in [2.24, 2.45) is 5.92 Å². The van der Waals surface area contributed by atoms with Crippen molar-refractivity contribution in [2.45, 2.75) is 70.9 Å². The molecule has 0 bridgehead atoms. The number of hydrogen-bond acceptors (Lipinski definition) is 2. The lowest BCUT2D eigenvalue weighted by molar-refractivity contribution is 0.0725. The van der Waals surface area contributed by atoms with Crippen LogP contribution in [0.25, 0.3) is 0 Å². The molecule has 1 rings (SSSR count). The summed E-state index contributed by atoms with van der Waals surface area (Å²) in [7, 11) is 4.51. The molecule has 0 aliphatic heterocycles. The van der Waals surface area contributed by atoms with Gasteiger partial charge in [0.1, 0.15) is 0 Å². The van der Waals surface area contributed by atoms with Crippen LogP contribution in [0, 0.1) is 5.92 Å². The van der Waals surface area contributed by atoms with Crippen molar-refractivity contribution in [3.8, 4) is 0 Å². The van der Waals surface area contributed by atoms with Gasteiger partial charge >= 0.3 is 0 Å². The number of likely N-dealkylation sites (N-methyl/N-ethyl adjacent to an activating group) is 1. The number of nitrogens with one attached hydrogen (secondary N) is 1. The Hall–Kier alpha value is -0.0800. The molecule has 102 valence electrons. The lowest BCUT2D eigenvalue weighted by Gasteiger charge is -2.46. The molecular weight excluding hydrogens is 208 g/mol. The van der Waals surface area contributed by atoms with Crippen LogP contribution in [0.5, 0.6) is 0 Å². The van der Waals surface area contributed by atoms with Crippen LogP contribution in [0.3, 0.4) is 0 Å². The average Bonchev–Trinajstić information content (AvgIpc) is 2.27. The molecule has 0 aromatic carbocycles. The van der Waals surface area contributed by atoms with Crippen LogP contribution >= 0.6 is 0 Å². The third-order valence-electron chi connectivity index (χ3n) is 4.52. The summed E-state index contributed by atoms with van der Waals surface area (Å²) < 4.78 is 0. The Balaban J connectivity index is 2.53. The summed E-state index contributed by atoms with van der Waals surface area (Å²) in [5, 5.41) is 3.75. The normalized spacial score (nSPS) is 31.8. The number of nitrogens with zero attached hydrogens (tertiary/aromatic N) is 1. The summed E-state index contributed by atoms with van der Waals surface area (Å²) in [5.74, 6) is 0.884. The van der Waals surface area contributed by atoms with Gasteiger partial charge in [-0.1, -0.05) is 33.1 Å². The minimum absolute atomic E-state index is 0.402. The topological polar surface area (TPSA) is 15.3 Å². The Morgan fingerprint density at radius 1 is 1.41 bits per heavy atom. The lowest BCUT2D eigenvalue weighted by atomic mass is 9.75. The Morgan fingerprint density at radius 2 is 2.12 bits per heavy atom. The van der Waals surface area contributed by atoms with Crippen LogP contribution < -0.4 is 5.32 Å². The molecule has 3 unspecified atom stereocenters. The second kappa shape index (κ2) is 6.75. The maximum absolute atomic E-state index is 3.75. The molecule has 17 heavy (non-hydrogen) atoms. The molecule has 0 spiro atoms. The summed E-state index contributed by atoms with van der Waals surface area (Å²) in [6.45, 7) is 8.15. The zero-order chi connectivity index (χ0) is 12.9. The third kappa shape index (κ3) is 4.26. The number of rotatable bonds is 6. The van der Waals surface area contributed by atoms with Crippen molar-refractivity contribution in [1.29, 1.82) is 0 Å². The van der Waals surface area contributed by atoms with E-state index in [1.54, 1.807) is 0 Å². The van der Waals surface area contributed by atoms with Crippen molar-refractivity contribution in [1.82, 2.24) is 10.2 Å². The predicted molar refractivity (Wildman–Crippen MR) is 76.4 cm³/mol. The molecule has 3 atom stereocenters. The van der Waals surface area contributed by atoms with Crippen molar-refractivity contribution >= 4 is 0 Å². The zero-order valence-electron chi connectivity index (χ0n) is 12.6. The monoisotopic (exact) mass is 240 g/mol. The van der Waals surface area contributed by atoms with Crippen LogP contribution in [-0.2, 0) is 0 Å². The zero-order valence-corrected chi connectivity index (χ0v) is 12.6. The molecule has 2 nitrogen and oxygen atoms in total. The van der Waals surface area contributed by atoms with E-state index < -0.39 is 0 Å². The fourth-order valence-corrected chi connectivity index (χ4v) is 3.26. The quantitative estimate of drug-likeness (QED) is 0.766. The van der Waals surface area contributed by atoms with Crippen molar-refractivity contribution in [2.75, 3.05) is 20.6 Å². The van der Waals surface area contributed by atoms with Gasteiger partial charge in [-0.2, -0.15) is 0 Å². The third-order valence-corrected chi connectivity index (χ3v) is 4.52. The first-order chi connectivity index (χ1) is 8.00. The highest BCUT2D eigenvalue weighted by molar-refractivity contribution is 4.95. The van der Waals surface area contributed by atoms with Gasteiger partial charge in [0.25, 0.3) is 0 Å². The van der Waals surface area contributed by atoms with Gasteiger partial charge in [0.05, 0.1) is 0 Å². The van der Waals surface area contributed by atoms with Gasteiger partial charge in [-0.05, 0) is 46.2 Å². The molecule has 1 saturated carbocycles. The van der Waals surface area contributed by atoms with Gasteiger partial charge in [-0.3, -0.25) is 0 Å². The van der Waals surface area contributed by atoms with E-state index in [1.807, 2.05) is 0 Å². The largest absolute Gasteiger partial charge is 0.312 e. The standard InChI is InChI=1S/C15H32N2/c1-6-8-14(3)16-12-15(17(4)5)10-7-9-13(2)11-15/h13-14,16H,6-12H2,1-5H3. The van der Waals surface area contributed by atoms with Crippen molar-refractivity contribution in [3.05, 3.63) is 0 Å². The molecule has 0 saturated heterocycles. The SMILES string of the molecule is CCCC(C)NCC1(N(C)C)CCCC(C)C1. The molecule has 2 heteroatoms. The van der Waals surface area contributed by atoms with Gasteiger partial charge in [-0.15, -0.1) is 0 Å². The van der Waals surface area contributed by atoms with Crippen LogP contribution in [-0.4, -0.2) is 37.1 Å². The Kier molecular flexibility index (Phi) is 5.94. The smallest absolute Gasteiger partial charge is 0.0330 e. The summed E-state index contributed by atoms with van der Waals surface area (Å²) in [5.41, 5.74) is 0.402.